The van der Waals surface area contributed by atoms with E-state index in [9.17, 15) is 23.1 Å². The van der Waals surface area contributed by atoms with Gasteiger partial charge in [-0.25, -0.2) is 8.42 Å². The molecular formula is C27H28N3O6S-. The predicted octanol–water partition coefficient (Wildman–Crippen LogP) is 3.54. The molecule has 194 valence electrons. The summed E-state index contributed by atoms with van der Waals surface area (Å²) in [5.41, 5.74) is 2.08. The Kier molecular flexibility index (Phi) is 8.67. The molecule has 37 heavy (non-hydrogen) atoms. The van der Waals surface area contributed by atoms with Crippen LogP contribution in [0.4, 0.5) is 10.5 Å². The number of sulfone groups is 1. The van der Waals surface area contributed by atoms with Crippen LogP contribution in [-0.2, 0) is 14.6 Å². The van der Waals surface area contributed by atoms with Crippen molar-refractivity contribution in [2.75, 3.05) is 18.6 Å². The Morgan fingerprint density at radius 2 is 1.73 bits per heavy atom. The molecule has 0 aromatic heterocycles. The van der Waals surface area contributed by atoms with Gasteiger partial charge in [0.25, 0.3) is 5.91 Å². The molecular weight excluding hydrogens is 494 g/mol. The summed E-state index contributed by atoms with van der Waals surface area (Å²) in [6.45, 7) is 1.92. The quantitative estimate of drug-likeness (QED) is 0.325. The van der Waals surface area contributed by atoms with Crippen LogP contribution in [0.15, 0.2) is 77.7 Å². The van der Waals surface area contributed by atoms with Gasteiger partial charge in [-0.2, -0.15) is 0 Å². The van der Waals surface area contributed by atoms with Gasteiger partial charge < -0.3 is 24.9 Å². The number of nitrogens with one attached hydrogen (secondary N) is 2. The zero-order valence-electron chi connectivity index (χ0n) is 20.7. The summed E-state index contributed by atoms with van der Waals surface area (Å²) in [5, 5.41) is 21.9. The molecule has 3 aromatic rings. The standard InChI is InChI=1S/C27H29N3O6S/c1-4-8-23(36-21-10-7-9-19(17-21)25(28)30(2)27(32)33)26(31)29-20-15-13-18(14-16-20)22-11-5-6-12-24(22)37(3,34)35/h5-7,9-17,23,28H,4,8H2,1-3H3,(H,29,31)(H,32,33)/p-1. The SMILES string of the molecule is CCCC(Oc1cccc(C(=N)N(C)C(=O)[O-])c1)C(=O)Nc1ccc(-c2ccccc2S(C)(=O)=O)cc1. The molecule has 0 aliphatic carbocycles. The predicted molar refractivity (Wildman–Crippen MR) is 139 cm³/mol. The Hall–Kier alpha value is -4.18. The average molecular weight is 523 g/mol. The minimum atomic E-state index is -3.41. The van der Waals surface area contributed by atoms with Gasteiger partial charge in [0.15, 0.2) is 15.9 Å². The van der Waals surface area contributed by atoms with E-state index in [2.05, 4.69) is 5.32 Å². The Bertz CT molecular complexity index is 1400. The van der Waals surface area contributed by atoms with Gasteiger partial charge in [-0.15, -0.1) is 0 Å². The van der Waals surface area contributed by atoms with Crippen molar-refractivity contribution >= 4 is 33.4 Å². The van der Waals surface area contributed by atoms with E-state index in [1.54, 1.807) is 66.7 Å². The van der Waals surface area contributed by atoms with Gasteiger partial charge in [0, 0.05) is 30.1 Å². The van der Waals surface area contributed by atoms with E-state index in [0.29, 0.717) is 45.9 Å². The molecule has 3 rings (SSSR count). The van der Waals surface area contributed by atoms with Crippen molar-refractivity contribution in [3.05, 3.63) is 78.4 Å². The number of rotatable bonds is 9. The number of carbonyl (C=O) groups is 2. The summed E-state index contributed by atoms with van der Waals surface area (Å²) in [5.74, 6) is -0.340. The highest BCUT2D eigenvalue weighted by Crippen LogP contribution is 2.28. The fraction of sp³-hybridized carbons (Fsp3) is 0.222. The van der Waals surface area contributed by atoms with Crippen LogP contribution in [0, 0.1) is 5.41 Å². The lowest BCUT2D eigenvalue weighted by Gasteiger charge is -2.22. The number of ether oxygens (including phenoxy) is 1. The highest BCUT2D eigenvalue weighted by atomic mass is 32.2. The van der Waals surface area contributed by atoms with E-state index >= 15 is 0 Å². The minimum Gasteiger partial charge on any atom is -0.530 e. The van der Waals surface area contributed by atoms with Gasteiger partial charge in [0.05, 0.1) is 4.90 Å². The molecule has 9 nitrogen and oxygen atoms in total. The number of carbonyl (C=O) groups excluding carboxylic acids is 2. The van der Waals surface area contributed by atoms with E-state index < -0.39 is 22.0 Å². The maximum absolute atomic E-state index is 13.0. The van der Waals surface area contributed by atoms with Crippen LogP contribution in [0.3, 0.4) is 0 Å². The lowest BCUT2D eigenvalue weighted by atomic mass is 10.1. The van der Waals surface area contributed by atoms with Crippen molar-refractivity contribution < 1.29 is 27.9 Å². The van der Waals surface area contributed by atoms with E-state index in [1.807, 2.05) is 6.92 Å². The third-order valence-corrected chi connectivity index (χ3v) is 6.74. The van der Waals surface area contributed by atoms with E-state index in [0.717, 1.165) is 6.26 Å². The van der Waals surface area contributed by atoms with Crippen LogP contribution in [0.5, 0.6) is 5.75 Å². The molecule has 2 amide bonds. The monoisotopic (exact) mass is 522 g/mol. The van der Waals surface area contributed by atoms with Crippen molar-refractivity contribution in [2.24, 2.45) is 0 Å². The van der Waals surface area contributed by atoms with Gasteiger partial charge in [-0.05, 0) is 42.3 Å². The van der Waals surface area contributed by atoms with Crippen molar-refractivity contribution in [3.63, 3.8) is 0 Å². The van der Waals surface area contributed by atoms with Crippen LogP contribution in [0.25, 0.3) is 11.1 Å². The summed E-state index contributed by atoms with van der Waals surface area (Å²) >= 11 is 0. The summed E-state index contributed by atoms with van der Waals surface area (Å²) < 4.78 is 30.2. The molecule has 0 heterocycles. The van der Waals surface area contributed by atoms with Crippen LogP contribution in [0.1, 0.15) is 25.3 Å². The van der Waals surface area contributed by atoms with Gasteiger partial charge >= 0.3 is 0 Å². The fourth-order valence-corrected chi connectivity index (χ4v) is 4.57. The van der Waals surface area contributed by atoms with E-state index in [1.165, 1.54) is 13.1 Å². The largest absolute Gasteiger partial charge is 0.530 e. The molecule has 0 saturated carbocycles. The summed E-state index contributed by atoms with van der Waals surface area (Å²) in [6.07, 6.45) is -0.0902. The van der Waals surface area contributed by atoms with Crippen LogP contribution in [0.2, 0.25) is 0 Å². The topological polar surface area (TPSA) is 140 Å². The first-order chi connectivity index (χ1) is 17.5. The highest BCUT2D eigenvalue weighted by Gasteiger charge is 2.21. The molecule has 0 aliphatic heterocycles. The molecule has 10 heteroatoms. The second kappa shape index (κ2) is 11.7. The number of benzene rings is 3. The van der Waals surface area contributed by atoms with Gasteiger partial charge in [-0.1, -0.05) is 55.8 Å². The van der Waals surface area contributed by atoms with Crippen LogP contribution < -0.4 is 15.2 Å². The number of anilines is 1. The second-order valence-electron chi connectivity index (χ2n) is 8.43. The van der Waals surface area contributed by atoms with Crippen molar-refractivity contribution in [1.82, 2.24) is 4.90 Å². The maximum Gasteiger partial charge on any atom is 0.265 e. The molecule has 2 N–H and O–H groups in total. The van der Waals surface area contributed by atoms with Gasteiger partial charge in [0.1, 0.15) is 17.7 Å². The molecule has 1 atom stereocenters. The molecule has 0 bridgehead atoms. The third kappa shape index (κ3) is 6.95. The summed E-state index contributed by atoms with van der Waals surface area (Å²) in [7, 11) is -2.20. The Morgan fingerprint density at radius 1 is 1.05 bits per heavy atom. The molecule has 0 radical (unpaired) electrons. The molecule has 0 spiro atoms. The van der Waals surface area contributed by atoms with Crippen molar-refractivity contribution in [3.8, 4) is 16.9 Å². The van der Waals surface area contributed by atoms with Crippen molar-refractivity contribution in [1.29, 1.82) is 5.41 Å². The number of amidine groups is 1. The Balaban J connectivity index is 1.76. The first-order valence-corrected chi connectivity index (χ1v) is 13.4. The molecule has 0 saturated heterocycles. The number of hydrogen-bond acceptors (Lipinski definition) is 7. The Morgan fingerprint density at radius 3 is 2.35 bits per heavy atom. The second-order valence-corrected chi connectivity index (χ2v) is 10.4. The lowest BCUT2D eigenvalue weighted by Crippen LogP contribution is -2.42. The van der Waals surface area contributed by atoms with Gasteiger partial charge in [0.2, 0.25) is 0 Å². The lowest BCUT2D eigenvalue weighted by molar-refractivity contribution is -0.259. The maximum atomic E-state index is 13.0. The third-order valence-electron chi connectivity index (χ3n) is 5.59. The van der Waals surface area contributed by atoms with E-state index in [-0.39, 0.29) is 16.6 Å². The first-order valence-electron chi connectivity index (χ1n) is 11.5. The zero-order valence-corrected chi connectivity index (χ0v) is 21.5. The van der Waals surface area contributed by atoms with Crippen molar-refractivity contribution in [2.45, 2.75) is 30.8 Å². The minimum absolute atomic E-state index is 0.226. The smallest absolute Gasteiger partial charge is 0.265 e. The normalized spacial score (nSPS) is 11.9. The molecule has 1 unspecified atom stereocenters. The summed E-state index contributed by atoms with van der Waals surface area (Å²) in [6, 6.07) is 19.8. The van der Waals surface area contributed by atoms with Crippen LogP contribution >= 0.6 is 0 Å². The van der Waals surface area contributed by atoms with Crippen LogP contribution in [-0.4, -0.2) is 50.6 Å². The number of hydrogen-bond donors (Lipinski definition) is 2. The Labute approximate surface area is 216 Å². The zero-order chi connectivity index (χ0) is 27.2. The van der Waals surface area contributed by atoms with Gasteiger partial charge in [-0.3, -0.25) is 10.2 Å². The average Bonchev–Trinajstić information content (AvgIpc) is 2.87. The number of amides is 2. The number of carboxylic acid groups (broad SMARTS) is 1. The molecule has 0 fully saturated rings. The fourth-order valence-electron chi connectivity index (χ4n) is 3.66. The summed E-state index contributed by atoms with van der Waals surface area (Å²) in [4.78, 5) is 25.0. The number of nitrogens with zero attached hydrogens (tertiary/aromatic N) is 1. The van der Waals surface area contributed by atoms with E-state index in [4.69, 9.17) is 10.1 Å². The molecule has 3 aromatic carbocycles. The first kappa shape index (κ1) is 27.4. The highest BCUT2D eigenvalue weighted by molar-refractivity contribution is 7.90. The molecule has 0 aliphatic rings.